The molecule has 2 aromatic carbocycles. The Morgan fingerprint density at radius 3 is 2.29 bits per heavy atom. The summed E-state index contributed by atoms with van der Waals surface area (Å²) in [5.74, 6) is -3.04. The van der Waals surface area contributed by atoms with Crippen LogP contribution < -0.4 is 15.4 Å². The fourth-order valence-electron chi connectivity index (χ4n) is 2.23. The van der Waals surface area contributed by atoms with E-state index < -0.39 is 32.5 Å². The molecule has 0 saturated carbocycles. The number of rotatable bonds is 8. The molecule has 0 bridgehead atoms. The van der Waals surface area contributed by atoms with Crippen LogP contribution in [0.3, 0.4) is 0 Å². The second-order valence-corrected chi connectivity index (χ2v) is 7.54. The molecule has 2 rings (SSSR count). The molecule has 10 heteroatoms. The van der Waals surface area contributed by atoms with E-state index in [1.54, 1.807) is 24.3 Å². The smallest absolute Gasteiger partial charge is 0.251 e. The summed E-state index contributed by atoms with van der Waals surface area (Å²) in [6, 6.07) is 8.84. The Morgan fingerprint density at radius 1 is 1.00 bits per heavy atom. The average Bonchev–Trinajstić information content (AvgIpc) is 2.68. The molecule has 150 valence electrons. The van der Waals surface area contributed by atoms with Crippen molar-refractivity contribution in [1.82, 2.24) is 15.4 Å². The van der Waals surface area contributed by atoms with Gasteiger partial charge in [0.15, 0.2) is 11.6 Å². The molecule has 0 unspecified atom stereocenters. The summed E-state index contributed by atoms with van der Waals surface area (Å²) in [5, 5.41) is 5.12. The van der Waals surface area contributed by atoms with Gasteiger partial charge in [0, 0.05) is 32.1 Å². The molecule has 0 saturated heterocycles. The van der Waals surface area contributed by atoms with Gasteiger partial charge >= 0.3 is 0 Å². The van der Waals surface area contributed by atoms with Crippen LogP contribution in [0.15, 0.2) is 47.4 Å². The zero-order valence-electron chi connectivity index (χ0n) is 15.0. The Morgan fingerprint density at radius 2 is 1.68 bits per heavy atom. The number of hydrogen-bond donors (Lipinski definition) is 3. The van der Waals surface area contributed by atoms with Gasteiger partial charge in [0.25, 0.3) is 5.91 Å². The van der Waals surface area contributed by atoms with Gasteiger partial charge in [0.05, 0.1) is 4.90 Å². The standard InChI is InChI=1S/C18H19F2N3O4S/c1-21-18(25)13-4-2-12(3-5-13)11-22-17(24)8-9-23-28(26,27)14-6-7-15(19)16(20)10-14/h2-7,10,23H,8-9,11H2,1H3,(H,21,25)(H,22,24). The first-order chi connectivity index (χ1) is 13.2. The molecule has 0 fully saturated rings. The van der Waals surface area contributed by atoms with Gasteiger partial charge in [-0.1, -0.05) is 12.1 Å². The third kappa shape index (κ3) is 5.83. The third-order valence-electron chi connectivity index (χ3n) is 3.78. The Labute approximate surface area is 161 Å². The zero-order chi connectivity index (χ0) is 20.7. The largest absolute Gasteiger partial charge is 0.355 e. The van der Waals surface area contributed by atoms with Gasteiger partial charge in [-0.25, -0.2) is 21.9 Å². The number of nitrogens with one attached hydrogen (secondary N) is 3. The number of sulfonamides is 1. The maximum Gasteiger partial charge on any atom is 0.251 e. The van der Waals surface area contributed by atoms with Crippen molar-refractivity contribution in [3.63, 3.8) is 0 Å². The molecular weight excluding hydrogens is 392 g/mol. The minimum Gasteiger partial charge on any atom is -0.355 e. The lowest BCUT2D eigenvalue weighted by Gasteiger charge is -2.08. The van der Waals surface area contributed by atoms with Crippen LogP contribution >= 0.6 is 0 Å². The predicted molar refractivity (Wildman–Crippen MR) is 97.8 cm³/mol. The quantitative estimate of drug-likeness (QED) is 0.609. The monoisotopic (exact) mass is 411 g/mol. The van der Waals surface area contributed by atoms with E-state index in [4.69, 9.17) is 0 Å². The SMILES string of the molecule is CNC(=O)c1ccc(CNC(=O)CCNS(=O)(=O)c2ccc(F)c(F)c2)cc1. The van der Waals surface area contributed by atoms with Gasteiger partial charge < -0.3 is 10.6 Å². The fraction of sp³-hybridized carbons (Fsp3) is 0.222. The first-order valence-corrected chi connectivity index (χ1v) is 9.73. The molecule has 0 atom stereocenters. The van der Waals surface area contributed by atoms with E-state index in [-0.39, 0.29) is 25.4 Å². The van der Waals surface area contributed by atoms with E-state index in [2.05, 4.69) is 15.4 Å². The molecule has 0 aliphatic rings. The second kappa shape index (κ2) is 9.38. The lowest BCUT2D eigenvalue weighted by Crippen LogP contribution is -2.30. The minimum absolute atomic E-state index is 0.140. The highest BCUT2D eigenvalue weighted by Crippen LogP contribution is 2.13. The fourth-order valence-corrected chi connectivity index (χ4v) is 3.28. The molecule has 0 heterocycles. The normalized spacial score (nSPS) is 11.1. The maximum atomic E-state index is 13.2. The molecule has 0 aliphatic heterocycles. The summed E-state index contributed by atoms with van der Waals surface area (Å²) in [6.07, 6.45) is -0.140. The van der Waals surface area contributed by atoms with Crippen LogP contribution in [0.5, 0.6) is 0 Å². The summed E-state index contributed by atoms with van der Waals surface area (Å²) < 4.78 is 52.2. The second-order valence-electron chi connectivity index (χ2n) is 5.78. The molecular formula is C18H19F2N3O4S. The summed E-state index contributed by atoms with van der Waals surface area (Å²) in [5.41, 5.74) is 1.26. The van der Waals surface area contributed by atoms with Gasteiger partial charge in [0.1, 0.15) is 0 Å². The van der Waals surface area contributed by atoms with Crippen molar-refractivity contribution in [3.05, 3.63) is 65.2 Å². The highest BCUT2D eigenvalue weighted by Gasteiger charge is 2.16. The van der Waals surface area contributed by atoms with Crippen LogP contribution in [0.25, 0.3) is 0 Å². The highest BCUT2D eigenvalue weighted by atomic mass is 32.2. The van der Waals surface area contributed by atoms with Gasteiger partial charge in [-0.2, -0.15) is 0 Å². The maximum absolute atomic E-state index is 13.2. The molecule has 3 N–H and O–H groups in total. The van der Waals surface area contributed by atoms with Gasteiger partial charge in [0.2, 0.25) is 15.9 Å². The predicted octanol–water partition coefficient (Wildman–Crippen LogP) is 1.31. The molecule has 7 nitrogen and oxygen atoms in total. The van der Waals surface area contributed by atoms with E-state index in [0.29, 0.717) is 17.7 Å². The van der Waals surface area contributed by atoms with Crippen molar-refractivity contribution in [3.8, 4) is 0 Å². The van der Waals surface area contributed by atoms with Crippen LogP contribution in [-0.2, 0) is 21.4 Å². The van der Waals surface area contributed by atoms with E-state index in [9.17, 15) is 26.8 Å². The molecule has 0 spiro atoms. The number of benzene rings is 2. The number of amides is 2. The van der Waals surface area contributed by atoms with Crippen molar-refractivity contribution in [2.24, 2.45) is 0 Å². The van der Waals surface area contributed by atoms with E-state index in [1.165, 1.54) is 7.05 Å². The molecule has 0 aromatic heterocycles. The van der Waals surface area contributed by atoms with E-state index in [0.717, 1.165) is 11.6 Å². The average molecular weight is 411 g/mol. The topological polar surface area (TPSA) is 104 Å². The van der Waals surface area contributed by atoms with E-state index in [1.807, 2.05) is 0 Å². The Bertz CT molecular complexity index is 963. The summed E-state index contributed by atoms with van der Waals surface area (Å²) in [4.78, 5) is 22.9. The van der Waals surface area contributed by atoms with Crippen LogP contribution in [0.4, 0.5) is 8.78 Å². The van der Waals surface area contributed by atoms with Crippen LogP contribution in [0.2, 0.25) is 0 Å². The van der Waals surface area contributed by atoms with Gasteiger partial charge in [-0.3, -0.25) is 9.59 Å². The number of carbonyl (C=O) groups excluding carboxylic acids is 2. The lowest BCUT2D eigenvalue weighted by molar-refractivity contribution is -0.121. The summed E-state index contributed by atoms with van der Waals surface area (Å²) in [6.45, 7) is 0.00551. The van der Waals surface area contributed by atoms with Crippen molar-refractivity contribution >= 4 is 21.8 Å². The molecule has 2 amide bonds. The Kier molecular flexibility index (Phi) is 7.18. The summed E-state index contributed by atoms with van der Waals surface area (Å²) >= 11 is 0. The van der Waals surface area contributed by atoms with E-state index >= 15 is 0 Å². The molecule has 2 aromatic rings. The third-order valence-corrected chi connectivity index (χ3v) is 5.24. The molecule has 0 aliphatic carbocycles. The minimum atomic E-state index is -4.05. The Hall–Kier alpha value is -2.85. The number of halogens is 2. The van der Waals surface area contributed by atoms with Crippen molar-refractivity contribution < 1.29 is 26.8 Å². The van der Waals surface area contributed by atoms with Crippen LogP contribution in [-0.4, -0.2) is 33.8 Å². The van der Waals surface area contributed by atoms with Crippen LogP contribution in [0, 0.1) is 11.6 Å². The molecule has 0 radical (unpaired) electrons. The summed E-state index contributed by atoms with van der Waals surface area (Å²) in [7, 11) is -2.53. The highest BCUT2D eigenvalue weighted by molar-refractivity contribution is 7.89. The van der Waals surface area contributed by atoms with Crippen molar-refractivity contribution in [2.45, 2.75) is 17.9 Å². The first kappa shape index (κ1) is 21.5. The molecule has 28 heavy (non-hydrogen) atoms. The number of carbonyl (C=O) groups is 2. The van der Waals surface area contributed by atoms with Gasteiger partial charge in [-0.15, -0.1) is 0 Å². The number of hydrogen-bond acceptors (Lipinski definition) is 4. The first-order valence-electron chi connectivity index (χ1n) is 8.25. The van der Waals surface area contributed by atoms with Crippen molar-refractivity contribution in [2.75, 3.05) is 13.6 Å². The zero-order valence-corrected chi connectivity index (χ0v) is 15.8. The lowest BCUT2D eigenvalue weighted by atomic mass is 10.1. The van der Waals surface area contributed by atoms with Crippen LogP contribution in [0.1, 0.15) is 22.3 Å². The Balaban J connectivity index is 1.80. The van der Waals surface area contributed by atoms with Gasteiger partial charge in [-0.05, 0) is 35.9 Å². The van der Waals surface area contributed by atoms with Crippen molar-refractivity contribution in [1.29, 1.82) is 0 Å².